The molecule has 1 aliphatic heterocycles. The minimum absolute atomic E-state index is 0.0548. The number of nitrogens with zero attached hydrogens (tertiary/aromatic N) is 3. The molecular weight excluding hydrogens is 601 g/mol. The first kappa shape index (κ1) is 26.8. The van der Waals surface area contributed by atoms with E-state index >= 15 is 0 Å². The average Bonchev–Trinajstić information content (AvgIpc) is 2.92. The summed E-state index contributed by atoms with van der Waals surface area (Å²) >= 11 is 8.83. The first-order chi connectivity index (χ1) is 18.0. The van der Waals surface area contributed by atoms with Gasteiger partial charge >= 0.3 is 0 Å². The molecule has 3 aromatic carbocycles. The number of hydrogen-bond acceptors (Lipinski definition) is 5. The molecule has 0 spiro atoms. The highest BCUT2D eigenvalue weighted by Crippen LogP contribution is 2.38. The normalized spacial score (nSPS) is 13.7. The number of para-hydroxylation sites is 1. The number of piperazine rings is 1. The molecule has 0 atom stereocenters. The Labute approximate surface area is 236 Å². The largest absolute Gasteiger partial charge is 0.490 e. The number of rotatable bonds is 8. The fourth-order valence-electron chi connectivity index (χ4n) is 4.10. The van der Waals surface area contributed by atoms with E-state index in [0.29, 0.717) is 61.5 Å². The monoisotopic (exact) mass is 627 g/mol. The summed E-state index contributed by atoms with van der Waals surface area (Å²) in [4.78, 5) is 17.1. The van der Waals surface area contributed by atoms with Crippen molar-refractivity contribution in [1.29, 1.82) is 5.26 Å². The molecule has 4 rings (SSSR count). The fourth-order valence-corrected chi connectivity index (χ4v) is 4.73. The number of nitriles is 1. The minimum Gasteiger partial charge on any atom is -0.490 e. The smallest absolute Gasteiger partial charge is 0.264 e. The predicted molar refractivity (Wildman–Crippen MR) is 155 cm³/mol. The summed E-state index contributed by atoms with van der Waals surface area (Å²) in [6, 6.07) is 23.6. The van der Waals surface area contributed by atoms with Crippen LogP contribution in [0.25, 0.3) is 6.08 Å². The van der Waals surface area contributed by atoms with Crippen LogP contribution in [0.4, 0.5) is 5.69 Å². The lowest BCUT2D eigenvalue weighted by molar-refractivity contribution is -0.126. The van der Waals surface area contributed by atoms with Gasteiger partial charge in [-0.05, 0) is 83.1 Å². The Bertz CT molecular complexity index is 1300. The van der Waals surface area contributed by atoms with Crippen LogP contribution in [0, 0.1) is 14.9 Å². The lowest BCUT2D eigenvalue weighted by atomic mass is 10.1. The van der Waals surface area contributed by atoms with E-state index in [9.17, 15) is 10.1 Å². The van der Waals surface area contributed by atoms with Gasteiger partial charge in [-0.25, -0.2) is 0 Å². The number of halogens is 2. The fraction of sp³-hybridized carbons (Fsp3) is 0.241. The Morgan fingerprint density at radius 3 is 2.41 bits per heavy atom. The summed E-state index contributed by atoms with van der Waals surface area (Å²) in [5.74, 6) is 0.609. The number of ether oxygens (including phenoxy) is 2. The highest BCUT2D eigenvalue weighted by molar-refractivity contribution is 14.1. The van der Waals surface area contributed by atoms with Crippen LogP contribution >= 0.6 is 34.2 Å². The van der Waals surface area contributed by atoms with Gasteiger partial charge in [0.05, 0.1) is 11.6 Å². The van der Waals surface area contributed by atoms with Gasteiger partial charge in [-0.1, -0.05) is 41.9 Å². The van der Waals surface area contributed by atoms with Gasteiger partial charge in [0.25, 0.3) is 5.91 Å². The minimum atomic E-state index is -0.289. The van der Waals surface area contributed by atoms with Crippen molar-refractivity contribution < 1.29 is 14.3 Å². The van der Waals surface area contributed by atoms with E-state index in [1.54, 1.807) is 23.1 Å². The van der Waals surface area contributed by atoms with E-state index in [4.69, 9.17) is 21.1 Å². The molecule has 1 aliphatic rings. The van der Waals surface area contributed by atoms with Crippen LogP contribution in [-0.4, -0.2) is 43.6 Å². The predicted octanol–water partition coefficient (Wildman–Crippen LogP) is 6.18. The Balaban J connectivity index is 1.48. The molecule has 0 aliphatic carbocycles. The lowest BCUT2D eigenvalue weighted by Gasteiger charge is -2.36. The third-order valence-corrected chi connectivity index (χ3v) is 6.98. The summed E-state index contributed by atoms with van der Waals surface area (Å²) in [6.45, 7) is 5.13. The first-order valence-electron chi connectivity index (χ1n) is 12.0. The first-order valence-corrected chi connectivity index (χ1v) is 13.5. The van der Waals surface area contributed by atoms with Gasteiger partial charge in [0.1, 0.15) is 18.2 Å². The van der Waals surface area contributed by atoms with Crippen LogP contribution in [-0.2, 0) is 11.4 Å². The molecule has 8 heteroatoms. The molecule has 0 radical (unpaired) electrons. The van der Waals surface area contributed by atoms with E-state index in [1.807, 2.05) is 49.4 Å². The summed E-state index contributed by atoms with van der Waals surface area (Å²) in [5, 5.41) is 10.1. The summed E-state index contributed by atoms with van der Waals surface area (Å²) in [6.07, 6.45) is 1.56. The van der Waals surface area contributed by atoms with E-state index in [1.165, 1.54) is 0 Å². The Morgan fingerprint density at radius 2 is 1.76 bits per heavy atom. The molecule has 1 fully saturated rings. The summed E-state index contributed by atoms with van der Waals surface area (Å²) in [7, 11) is 0. The standard InChI is InChI=1S/C29H27ClIN3O3/c1-2-36-27-18-22(17-26(30)28(27)37-20-21-8-10-24(31)11-9-21)16-23(19-32)29(35)34-14-12-33(13-15-34)25-6-4-3-5-7-25/h3-11,16-18H,2,12-15,20H2,1H3/b23-16-. The van der Waals surface area contributed by atoms with Crippen molar-refractivity contribution in [1.82, 2.24) is 4.90 Å². The number of carbonyl (C=O) groups excluding carboxylic acids is 1. The third kappa shape index (κ3) is 6.96. The van der Waals surface area contributed by atoms with Crippen LogP contribution in [0.2, 0.25) is 5.02 Å². The zero-order chi connectivity index (χ0) is 26.2. The highest BCUT2D eigenvalue weighted by atomic mass is 127. The molecule has 0 N–H and O–H groups in total. The van der Waals surface area contributed by atoms with E-state index in [-0.39, 0.29) is 11.5 Å². The van der Waals surface area contributed by atoms with E-state index in [0.717, 1.165) is 14.8 Å². The van der Waals surface area contributed by atoms with Crippen molar-refractivity contribution >= 4 is 51.9 Å². The van der Waals surface area contributed by atoms with Gasteiger partial charge < -0.3 is 19.3 Å². The van der Waals surface area contributed by atoms with Crippen molar-refractivity contribution in [2.24, 2.45) is 0 Å². The number of hydrogen-bond donors (Lipinski definition) is 0. The van der Waals surface area contributed by atoms with Crippen LogP contribution < -0.4 is 14.4 Å². The van der Waals surface area contributed by atoms with E-state index < -0.39 is 0 Å². The number of anilines is 1. The zero-order valence-electron chi connectivity index (χ0n) is 20.5. The molecule has 1 heterocycles. The third-order valence-electron chi connectivity index (χ3n) is 5.98. The van der Waals surface area contributed by atoms with Crippen LogP contribution in [0.3, 0.4) is 0 Å². The Morgan fingerprint density at radius 1 is 1.05 bits per heavy atom. The Hall–Kier alpha value is -3.22. The van der Waals surface area contributed by atoms with Gasteiger partial charge in [-0.15, -0.1) is 0 Å². The topological polar surface area (TPSA) is 65.8 Å². The van der Waals surface area contributed by atoms with Gasteiger partial charge in [-0.2, -0.15) is 5.26 Å². The number of carbonyl (C=O) groups is 1. The second-order valence-electron chi connectivity index (χ2n) is 8.46. The zero-order valence-corrected chi connectivity index (χ0v) is 23.4. The molecule has 0 unspecified atom stereocenters. The van der Waals surface area contributed by atoms with Crippen LogP contribution in [0.5, 0.6) is 11.5 Å². The molecule has 1 amide bonds. The quantitative estimate of drug-likeness (QED) is 0.170. The number of benzene rings is 3. The van der Waals surface area contributed by atoms with Gasteiger partial charge in [0.15, 0.2) is 11.5 Å². The van der Waals surface area contributed by atoms with Gasteiger partial charge in [-0.3, -0.25) is 4.79 Å². The molecule has 1 saturated heterocycles. The van der Waals surface area contributed by atoms with Crippen LogP contribution in [0.15, 0.2) is 72.3 Å². The lowest BCUT2D eigenvalue weighted by Crippen LogP contribution is -2.49. The molecule has 0 aromatic heterocycles. The number of amides is 1. The maximum Gasteiger partial charge on any atom is 0.264 e. The summed E-state index contributed by atoms with van der Waals surface area (Å²) < 4.78 is 12.9. The summed E-state index contributed by atoms with van der Waals surface area (Å²) in [5.41, 5.74) is 2.79. The molecule has 0 bridgehead atoms. The van der Waals surface area contributed by atoms with Crippen molar-refractivity contribution in [3.8, 4) is 17.6 Å². The van der Waals surface area contributed by atoms with Crippen molar-refractivity contribution in [3.05, 3.63) is 92.0 Å². The van der Waals surface area contributed by atoms with Crippen molar-refractivity contribution in [2.75, 3.05) is 37.7 Å². The molecular formula is C29H27ClIN3O3. The highest BCUT2D eigenvalue weighted by Gasteiger charge is 2.24. The van der Waals surface area contributed by atoms with Crippen molar-refractivity contribution in [2.45, 2.75) is 13.5 Å². The second kappa shape index (κ2) is 12.8. The van der Waals surface area contributed by atoms with Crippen molar-refractivity contribution in [3.63, 3.8) is 0 Å². The second-order valence-corrected chi connectivity index (χ2v) is 10.1. The van der Waals surface area contributed by atoms with Gasteiger partial charge in [0.2, 0.25) is 0 Å². The Kier molecular flexibility index (Phi) is 9.31. The molecule has 3 aromatic rings. The van der Waals surface area contributed by atoms with E-state index in [2.05, 4.69) is 45.7 Å². The SMILES string of the molecule is CCOc1cc(/C=C(/C#N)C(=O)N2CCN(c3ccccc3)CC2)cc(Cl)c1OCc1ccc(I)cc1. The van der Waals surface area contributed by atoms with Gasteiger partial charge in [0, 0.05) is 35.4 Å². The maximum atomic E-state index is 13.1. The molecule has 0 saturated carbocycles. The average molecular weight is 628 g/mol. The molecule has 37 heavy (non-hydrogen) atoms. The molecule has 6 nitrogen and oxygen atoms in total. The molecule has 190 valence electrons. The van der Waals surface area contributed by atoms with Crippen LogP contribution in [0.1, 0.15) is 18.1 Å². The maximum absolute atomic E-state index is 13.1.